The van der Waals surface area contributed by atoms with Gasteiger partial charge in [-0.15, -0.1) is 0 Å². The number of anilines is 1. The number of halogens is 1. The standard InChI is InChI=1S/C16H18ClNO2S/c1-10-7-12(3)16(13(4)8-10)21(19,20)18-15-9-14(17)6-5-11(15)2/h5-9,18H,1-4H3. The number of rotatable bonds is 3. The van der Waals surface area contributed by atoms with Crippen LogP contribution >= 0.6 is 11.6 Å². The molecule has 3 nitrogen and oxygen atoms in total. The summed E-state index contributed by atoms with van der Waals surface area (Å²) in [6.45, 7) is 7.40. The van der Waals surface area contributed by atoms with Crippen molar-refractivity contribution in [3.63, 3.8) is 0 Å². The van der Waals surface area contributed by atoms with Crippen molar-refractivity contribution in [1.82, 2.24) is 0 Å². The lowest BCUT2D eigenvalue weighted by Gasteiger charge is -2.15. The van der Waals surface area contributed by atoms with Crippen LogP contribution in [-0.2, 0) is 10.0 Å². The van der Waals surface area contributed by atoms with Gasteiger partial charge in [-0.25, -0.2) is 8.42 Å². The predicted molar refractivity (Wildman–Crippen MR) is 87.7 cm³/mol. The van der Waals surface area contributed by atoms with Gasteiger partial charge in [-0.3, -0.25) is 4.72 Å². The summed E-state index contributed by atoms with van der Waals surface area (Å²) >= 11 is 5.94. The Labute approximate surface area is 131 Å². The van der Waals surface area contributed by atoms with Crippen molar-refractivity contribution in [2.24, 2.45) is 0 Å². The van der Waals surface area contributed by atoms with Crippen LogP contribution in [0.5, 0.6) is 0 Å². The molecule has 2 rings (SSSR count). The molecule has 0 unspecified atom stereocenters. The Balaban J connectivity index is 2.51. The zero-order chi connectivity index (χ0) is 15.8. The second kappa shape index (κ2) is 5.70. The van der Waals surface area contributed by atoms with Crippen LogP contribution in [0, 0.1) is 27.7 Å². The van der Waals surface area contributed by atoms with Crippen LogP contribution < -0.4 is 4.72 Å². The molecule has 2 aromatic rings. The van der Waals surface area contributed by atoms with Crippen LogP contribution in [-0.4, -0.2) is 8.42 Å². The SMILES string of the molecule is Cc1cc(C)c(S(=O)(=O)Nc2cc(Cl)ccc2C)c(C)c1. The van der Waals surface area contributed by atoms with E-state index < -0.39 is 10.0 Å². The number of hydrogen-bond acceptors (Lipinski definition) is 2. The molecule has 0 amide bonds. The number of nitrogens with one attached hydrogen (secondary N) is 1. The van der Waals surface area contributed by atoms with Crippen molar-refractivity contribution < 1.29 is 8.42 Å². The summed E-state index contributed by atoms with van der Waals surface area (Å²) in [6, 6.07) is 8.87. The summed E-state index contributed by atoms with van der Waals surface area (Å²) < 4.78 is 28.0. The van der Waals surface area contributed by atoms with Crippen LogP contribution in [0.15, 0.2) is 35.2 Å². The Morgan fingerprint density at radius 3 is 2.05 bits per heavy atom. The van der Waals surface area contributed by atoms with Gasteiger partial charge in [0.15, 0.2) is 0 Å². The first-order chi connectivity index (χ1) is 9.70. The summed E-state index contributed by atoms with van der Waals surface area (Å²) in [4.78, 5) is 0.326. The Kier molecular flexibility index (Phi) is 4.30. The highest BCUT2D eigenvalue weighted by Gasteiger charge is 2.20. The smallest absolute Gasteiger partial charge is 0.262 e. The Hall–Kier alpha value is -1.52. The highest BCUT2D eigenvalue weighted by atomic mass is 35.5. The first-order valence-corrected chi connectivity index (χ1v) is 8.43. The zero-order valence-corrected chi connectivity index (χ0v) is 14.1. The van der Waals surface area contributed by atoms with E-state index in [1.165, 1.54) is 0 Å². The molecule has 0 atom stereocenters. The lowest BCUT2D eigenvalue weighted by Crippen LogP contribution is -2.16. The van der Waals surface area contributed by atoms with Crippen LogP contribution in [0.1, 0.15) is 22.3 Å². The van der Waals surface area contributed by atoms with Crippen LogP contribution in [0.4, 0.5) is 5.69 Å². The Morgan fingerprint density at radius 2 is 1.48 bits per heavy atom. The lowest BCUT2D eigenvalue weighted by molar-refractivity contribution is 0.600. The van der Waals surface area contributed by atoms with Crippen molar-refractivity contribution in [2.75, 3.05) is 4.72 Å². The molecule has 112 valence electrons. The van der Waals surface area contributed by atoms with Crippen LogP contribution in [0.2, 0.25) is 5.02 Å². The van der Waals surface area contributed by atoms with Gasteiger partial charge < -0.3 is 0 Å². The third kappa shape index (κ3) is 3.39. The van der Waals surface area contributed by atoms with E-state index in [1.807, 2.05) is 26.0 Å². The molecule has 0 saturated carbocycles. The molecule has 0 aliphatic carbocycles. The average Bonchev–Trinajstić information content (AvgIpc) is 2.31. The van der Waals surface area contributed by atoms with E-state index in [4.69, 9.17) is 11.6 Å². The van der Waals surface area contributed by atoms with Gasteiger partial charge in [0.05, 0.1) is 10.6 Å². The van der Waals surface area contributed by atoms with E-state index in [9.17, 15) is 8.42 Å². The van der Waals surface area contributed by atoms with Crippen molar-refractivity contribution in [3.05, 3.63) is 57.6 Å². The molecule has 21 heavy (non-hydrogen) atoms. The minimum absolute atomic E-state index is 0.326. The molecular formula is C16H18ClNO2S. The van der Waals surface area contributed by atoms with Gasteiger partial charge in [-0.05, 0) is 56.5 Å². The number of hydrogen-bond donors (Lipinski definition) is 1. The fourth-order valence-corrected chi connectivity index (χ4v) is 4.24. The summed E-state index contributed by atoms with van der Waals surface area (Å²) in [5.41, 5.74) is 3.84. The fraction of sp³-hybridized carbons (Fsp3) is 0.250. The van der Waals surface area contributed by atoms with Gasteiger partial charge in [0.2, 0.25) is 0 Å². The second-order valence-corrected chi connectivity index (χ2v) is 7.35. The second-order valence-electron chi connectivity index (χ2n) is 5.29. The van der Waals surface area contributed by atoms with Gasteiger partial charge in [-0.2, -0.15) is 0 Å². The first kappa shape index (κ1) is 15.9. The predicted octanol–water partition coefficient (Wildman–Crippen LogP) is 4.37. The minimum atomic E-state index is -3.64. The van der Waals surface area contributed by atoms with Crippen LogP contribution in [0.25, 0.3) is 0 Å². The molecule has 0 spiro atoms. The molecule has 0 aliphatic heterocycles. The summed E-state index contributed by atoms with van der Waals surface area (Å²) in [6.07, 6.45) is 0. The van der Waals surface area contributed by atoms with E-state index in [0.717, 1.165) is 22.3 Å². The normalized spacial score (nSPS) is 11.5. The molecule has 2 aromatic carbocycles. The molecule has 0 fully saturated rings. The maximum Gasteiger partial charge on any atom is 0.262 e. The van der Waals surface area contributed by atoms with E-state index in [1.54, 1.807) is 32.0 Å². The zero-order valence-electron chi connectivity index (χ0n) is 12.5. The van der Waals surface area contributed by atoms with E-state index in [0.29, 0.717) is 15.6 Å². The van der Waals surface area contributed by atoms with Gasteiger partial charge in [-0.1, -0.05) is 35.4 Å². The number of aryl methyl sites for hydroxylation is 4. The maximum atomic E-state index is 12.7. The molecule has 0 bridgehead atoms. The molecule has 0 aromatic heterocycles. The maximum absolute atomic E-state index is 12.7. The van der Waals surface area contributed by atoms with Gasteiger partial charge in [0.25, 0.3) is 10.0 Å². The number of benzene rings is 2. The average molecular weight is 324 g/mol. The molecule has 1 N–H and O–H groups in total. The van der Waals surface area contributed by atoms with E-state index in [2.05, 4.69) is 4.72 Å². The fourth-order valence-electron chi connectivity index (χ4n) is 2.49. The first-order valence-electron chi connectivity index (χ1n) is 6.57. The molecule has 5 heteroatoms. The largest absolute Gasteiger partial charge is 0.279 e. The van der Waals surface area contributed by atoms with E-state index >= 15 is 0 Å². The van der Waals surface area contributed by atoms with Crippen molar-refractivity contribution in [3.8, 4) is 0 Å². The summed E-state index contributed by atoms with van der Waals surface area (Å²) in [5, 5.41) is 0.496. The Bertz CT molecular complexity index is 775. The van der Waals surface area contributed by atoms with Crippen molar-refractivity contribution in [1.29, 1.82) is 0 Å². The van der Waals surface area contributed by atoms with Crippen LogP contribution in [0.3, 0.4) is 0 Å². The topological polar surface area (TPSA) is 46.2 Å². The lowest BCUT2D eigenvalue weighted by atomic mass is 10.1. The molecule has 0 heterocycles. The monoisotopic (exact) mass is 323 g/mol. The Morgan fingerprint density at radius 1 is 0.905 bits per heavy atom. The van der Waals surface area contributed by atoms with Crippen molar-refractivity contribution >= 4 is 27.3 Å². The molecule has 0 saturated heterocycles. The third-order valence-electron chi connectivity index (χ3n) is 3.32. The van der Waals surface area contributed by atoms with Gasteiger partial charge in [0.1, 0.15) is 0 Å². The summed E-state index contributed by atoms with van der Waals surface area (Å²) in [5.74, 6) is 0. The van der Waals surface area contributed by atoms with Gasteiger partial charge in [0, 0.05) is 5.02 Å². The quantitative estimate of drug-likeness (QED) is 0.911. The van der Waals surface area contributed by atoms with E-state index in [-0.39, 0.29) is 0 Å². The highest BCUT2D eigenvalue weighted by Crippen LogP contribution is 2.27. The molecular weight excluding hydrogens is 306 g/mol. The molecule has 0 aliphatic rings. The minimum Gasteiger partial charge on any atom is -0.279 e. The third-order valence-corrected chi connectivity index (χ3v) is 5.22. The highest BCUT2D eigenvalue weighted by molar-refractivity contribution is 7.92. The van der Waals surface area contributed by atoms with Gasteiger partial charge >= 0.3 is 0 Å². The van der Waals surface area contributed by atoms with Crippen molar-refractivity contribution in [2.45, 2.75) is 32.6 Å². The molecule has 0 radical (unpaired) electrons. The summed E-state index contributed by atoms with van der Waals surface area (Å²) in [7, 11) is -3.64. The number of sulfonamides is 1.